The van der Waals surface area contributed by atoms with Crippen molar-refractivity contribution in [2.24, 2.45) is 4.99 Å². The van der Waals surface area contributed by atoms with E-state index in [2.05, 4.69) is 32.7 Å². The van der Waals surface area contributed by atoms with E-state index in [1.54, 1.807) is 7.05 Å². The second kappa shape index (κ2) is 8.73. The summed E-state index contributed by atoms with van der Waals surface area (Å²) in [5.74, 6) is 1.09. The SMILES string of the molecule is CN=C(NCCN1C(=O)CNC1=O)N1CC(CCN2CCCC2=O)c2ccccc21. The Hall–Kier alpha value is -3.10. The number of carbonyl (C=O) groups is 3. The molecule has 1 atom stereocenters. The third-order valence-electron chi connectivity index (χ3n) is 6.01. The highest BCUT2D eigenvalue weighted by Gasteiger charge is 2.32. The van der Waals surface area contributed by atoms with Crippen LogP contribution in [0.2, 0.25) is 0 Å². The summed E-state index contributed by atoms with van der Waals surface area (Å²) in [5.41, 5.74) is 2.37. The van der Waals surface area contributed by atoms with Gasteiger partial charge >= 0.3 is 6.03 Å². The van der Waals surface area contributed by atoms with E-state index in [0.717, 1.165) is 38.2 Å². The average molecular weight is 412 g/mol. The molecule has 0 saturated carbocycles. The number of imide groups is 1. The van der Waals surface area contributed by atoms with Crippen LogP contribution in [-0.4, -0.2) is 79.9 Å². The van der Waals surface area contributed by atoms with Gasteiger partial charge in [0.1, 0.15) is 0 Å². The lowest BCUT2D eigenvalue weighted by molar-refractivity contribution is -0.128. The van der Waals surface area contributed by atoms with Crippen molar-refractivity contribution in [3.05, 3.63) is 29.8 Å². The number of guanidine groups is 1. The number of rotatable bonds is 6. The second-order valence-electron chi connectivity index (χ2n) is 7.82. The van der Waals surface area contributed by atoms with Gasteiger partial charge < -0.3 is 20.4 Å². The summed E-state index contributed by atoms with van der Waals surface area (Å²) in [6.45, 7) is 3.21. The highest BCUT2D eigenvalue weighted by Crippen LogP contribution is 2.38. The number of hydrogen-bond donors (Lipinski definition) is 2. The molecule has 3 aliphatic rings. The Labute approximate surface area is 176 Å². The van der Waals surface area contributed by atoms with E-state index in [1.165, 1.54) is 10.5 Å². The number of anilines is 1. The Bertz CT molecular complexity index is 854. The minimum atomic E-state index is -0.347. The first kappa shape index (κ1) is 20.2. The predicted molar refractivity (Wildman–Crippen MR) is 113 cm³/mol. The van der Waals surface area contributed by atoms with Crippen molar-refractivity contribution in [1.82, 2.24) is 20.4 Å². The average Bonchev–Trinajstić information content (AvgIpc) is 3.42. The zero-order valence-electron chi connectivity index (χ0n) is 17.3. The zero-order chi connectivity index (χ0) is 21.1. The Kier molecular flexibility index (Phi) is 5.87. The van der Waals surface area contributed by atoms with E-state index in [9.17, 15) is 14.4 Å². The molecule has 4 amide bonds. The predicted octanol–water partition coefficient (Wildman–Crippen LogP) is 0.730. The summed E-state index contributed by atoms with van der Waals surface area (Å²) in [6.07, 6.45) is 2.54. The number of nitrogens with one attached hydrogen (secondary N) is 2. The molecule has 0 aliphatic carbocycles. The number of nitrogens with zero attached hydrogens (tertiary/aromatic N) is 4. The minimum Gasteiger partial charge on any atom is -0.354 e. The molecule has 0 radical (unpaired) electrons. The molecular weight excluding hydrogens is 384 g/mol. The molecule has 9 nitrogen and oxygen atoms in total. The molecule has 9 heteroatoms. The van der Waals surface area contributed by atoms with Crippen molar-refractivity contribution in [2.45, 2.75) is 25.2 Å². The monoisotopic (exact) mass is 412 g/mol. The van der Waals surface area contributed by atoms with Crippen LogP contribution in [0.3, 0.4) is 0 Å². The van der Waals surface area contributed by atoms with Gasteiger partial charge in [0, 0.05) is 57.8 Å². The van der Waals surface area contributed by atoms with Crippen LogP contribution in [0.1, 0.15) is 30.7 Å². The van der Waals surface area contributed by atoms with E-state index in [0.29, 0.717) is 31.4 Å². The maximum absolute atomic E-state index is 11.9. The highest BCUT2D eigenvalue weighted by molar-refractivity contribution is 6.02. The summed E-state index contributed by atoms with van der Waals surface area (Å²) < 4.78 is 0. The van der Waals surface area contributed by atoms with Crippen molar-refractivity contribution in [2.75, 3.05) is 51.2 Å². The first-order valence-corrected chi connectivity index (χ1v) is 10.5. The number of urea groups is 1. The molecule has 0 bridgehead atoms. The molecule has 3 aliphatic heterocycles. The zero-order valence-corrected chi connectivity index (χ0v) is 17.3. The number of benzene rings is 1. The van der Waals surface area contributed by atoms with Crippen LogP contribution in [-0.2, 0) is 9.59 Å². The molecule has 0 spiro atoms. The fourth-order valence-corrected chi connectivity index (χ4v) is 4.45. The van der Waals surface area contributed by atoms with E-state index in [-0.39, 0.29) is 24.4 Å². The number of aliphatic imine (C=N–C) groups is 1. The number of likely N-dealkylation sites (tertiary alicyclic amines) is 1. The Morgan fingerprint density at radius 2 is 2.03 bits per heavy atom. The second-order valence-corrected chi connectivity index (χ2v) is 7.82. The fraction of sp³-hybridized carbons (Fsp3) is 0.524. The van der Waals surface area contributed by atoms with Gasteiger partial charge in [-0.3, -0.25) is 19.5 Å². The molecule has 1 aromatic rings. The lowest BCUT2D eigenvalue weighted by Crippen LogP contribution is -2.45. The Balaban J connectivity index is 1.39. The number of carbonyl (C=O) groups excluding carboxylic acids is 3. The topological polar surface area (TPSA) is 97.3 Å². The maximum atomic E-state index is 11.9. The van der Waals surface area contributed by atoms with Gasteiger partial charge in [0.15, 0.2) is 5.96 Å². The lowest BCUT2D eigenvalue weighted by atomic mass is 9.98. The largest absolute Gasteiger partial charge is 0.354 e. The summed E-state index contributed by atoms with van der Waals surface area (Å²) in [5, 5.41) is 5.81. The van der Waals surface area contributed by atoms with Crippen LogP contribution >= 0.6 is 0 Å². The Morgan fingerprint density at radius 3 is 2.73 bits per heavy atom. The molecule has 1 aromatic carbocycles. The van der Waals surface area contributed by atoms with Gasteiger partial charge in [0.05, 0.1) is 6.54 Å². The van der Waals surface area contributed by atoms with Crippen LogP contribution in [0, 0.1) is 0 Å². The Morgan fingerprint density at radius 1 is 1.20 bits per heavy atom. The fourth-order valence-electron chi connectivity index (χ4n) is 4.45. The molecule has 160 valence electrons. The quantitative estimate of drug-likeness (QED) is 0.408. The lowest BCUT2D eigenvalue weighted by Gasteiger charge is -2.24. The summed E-state index contributed by atoms with van der Waals surface area (Å²) in [7, 11) is 1.73. The molecule has 4 rings (SSSR count). The highest BCUT2D eigenvalue weighted by atomic mass is 16.2. The van der Waals surface area contributed by atoms with E-state index in [4.69, 9.17) is 0 Å². The third kappa shape index (κ3) is 3.96. The van der Waals surface area contributed by atoms with Crippen LogP contribution < -0.4 is 15.5 Å². The molecule has 1 unspecified atom stereocenters. The van der Waals surface area contributed by atoms with Gasteiger partial charge in [-0.1, -0.05) is 18.2 Å². The molecule has 2 fully saturated rings. The molecule has 2 saturated heterocycles. The standard InChI is InChI=1S/C21H28N6O3/c1-22-20(23-9-12-26-19(29)13-24-21(26)30)27-14-15(16-5-2-3-6-17(16)27)8-11-25-10-4-7-18(25)28/h2-3,5-6,15H,4,7-14H2,1H3,(H,22,23)(H,24,30). The van der Waals surface area contributed by atoms with Crippen LogP contribution in [0.5, 0.6) is 0 Å². The summed E-state index contributed by atoms with van der Waals surface area (Å²) in [6, 6.07) is 7.94. The molecule has 30 heavy (non-hydrogen) atoms. The van der Waals surface area contributed by atoms with Crippen molar-refractivity contribution in [1.29, 1.82) is 0 Å². The minimum absolute atomic E-state index is 0.0637. The summed E-state index contributed by atoms with van der Waals surface area (Å²) >= 11 is 0. The van der Waals surface area contributed by atoms with Crippen LogP contribution in [0.15, 0.2) is 29.3 Å². The van der Waals surface area contributed by atoms with Gasteiger partial charge in [-0.25, -0.2) is 4.79 Å². The maximum Gasteiger partial charge on any atom is 0.324 e. The van der Waals surface area contributed by atoms with Crippen molar-refractivity contribution in [3.63, 3.8) is 0 Å². The number of hydrogen-bond acceptors (Lipinski definition) is 4. The van der Waals surface area contributed by atoms with Crippen LogP contribution in [0.4, 0.5) is 10.5 Å². The van der Waals surface area contributed by atoms with E-state index in [1.807, 2.05) is 17.0 Å². The third-order valence-corrected chi connectivity index (χ3v) is 6.01. The van der Waals surface area contributed by atoms with Gasteiger partial charge in [-0.2, -0.15) is 0 Å². The van der Waals surface area contributed by atoms with Crippen molar-refractivity contribution >= 4 is 29.5 Å². The first-order chi connectivity index (χ1) is 14.6. The van der Waals surface area contributed by atoms with E-state index >= 15 is 0 Å². The number of para-hydroxylation sites is 1. The van der Waals surface area contributed by atoms with E-state index < -0.39 is 0 Å². The van der Waals surface area contributed by atoms with Gasteiger partial charge in [-0.15, -0.1) is 0 Å². The van der Waals surface area contributed by atoms with Crippen molar-refractivity contribution < 1.29 is 14.4 Å². The van der Waals surface area contributed by atoms with Crippen LogP contribution in [0.25, 0.3) is 0 Å². The summed E-state index contributed by atoms with van der Waals surface area (Å²) in [4.78, 5) is 45.1. The van der Waals surface area contributed by atoms with Gasteiger partial charge in [-0.05, 0) is 24.5 Å². The smallest absolute Gasteiger partial charge is 0.324 e. The number of fused-ring (bicyclic) bond motifs is 1. The molecular formula is C21H28N6O3. The molecule has 0 aromatic heterocycles. The van der Waals surface area contributed by atoms with Gasteiger partial charge in [0.25, 0.3) is 0 Å². The normalized spacial score (nSPS) is 21.5. The molecule has 2 N–H and O–H groups in total. The number of amides is 4. The van der Waals surface area contributed by atoms with Crippen molar-refractivity contribution in [3.8, 4) is 0 Å². The first-order valence-electron chi connectivity index (χ1n) is 10.5. The van der Waals surface area contributed by atoms with Gasteiger partial charge in [0.2, 0.25) is 11.8 Å². The molecule has 3 heterocycles.